The molecule has 0 amide bonds. The van der Waals surface area contributed by atoms with E-state index >= 15 is 0 Å². The van der Waals surface area contributed by atoms with Crippen LogP contribution in [0.3, 0.4) is 0 Å². The van der Waals surface area contributed by atoms with Crippen molar-refractivity contribution in [1.29, 1.82) is 0 Å². The molecule has 1 rings (SSSR count). The zero-order chi connectivity index (χ0) is 12.1. The van der Waals surface area contributed by atoms with Gasteiger partial charge in [0, 0.05) is 10.9 Å². The Morgan fingerprint density at radius 1 is 1.19 bits per heavy atom. The number of rotatable bonds is 5. The van der Waals surface area contributed by atoms with Gasteiger partial charge in [0.25, 0.3) is 0 Å². The lowest BCUT2D eigenvalue weighted by Crippen LogP contribution is -2.03. The van der Waals surface area contributed by atoms with Crippen LogP contribution in [0.5, 0.6) is 11.5 Å². The normalized spacial score (nSPS) is 14.3. The summed E-state index contributed by atoms with van der Waals surface area (Å²) in [5.41, 5.74) is 1.15. The molecule has 0 saturated carbocycles. The molecule has 0 aliphatic heterocycles. The summed E-state index contributed by atoms with van der Waals surface area (Å²) in [5, 5.41) is 0.158. The maximum Gasteiger partial charge on any atom is 0.122 e. The molecule has 1 aromatic carbocycles. The summed E-state index contributed by atoms with van der Waals surface area (Å²) in [6, 6.07) is 5.85. The Morgan fingerprint density at radius 3 is 2.38 bits per heavy atom. The van der Waals surface area contributed by atoms with Gasteiger partial charge < -0.3 is 9.47 Å². The summed E-state index contributed by atoms with van der Waals surface area (Å²) in [5.74, 6) is 2.10. The standard InChI is InChI=1S/C13H19ClO2/c1-9(7-10(2)14)12-8-11(15-3)5-6-13(12)16-4/h5-6,8-10H,7H2,1-4H3. The summed E-state index contributed by atoms with van der Waals surface area (Å²) < 4.78 is 10.6. The third-order valence-electron chi connectivity index (χ3n) is 2.65. The molecule has 3 heteroatoms. The van der Waals surface area contributed by atoms with Crippen LogP contribution in [-0.2, 0) is 0 Å². The van der Waals surface area contributed by atoms with Crippen LogP contribution in [0.25, 0.3) is 0 Å². The first-order valence-corrected chi connectivity index (χ1v) is 5.88. The average molecular weight is 243 g/mol. The molecule has 0 N–H and O–H groups in total. The van der Waals surface area contributed by atoms with Gasteiger partial charge in [-0.05, 0) is 37.5 Å². The van der Waals surface area contributed by atoms with Gasteiger partial charge in [-0.1, -0.05) is 6.92 Å². The molecule has 1 aromatic rings. The Labute approximate surface area is 103 Å². The van der Waals surface area contributed by atoms with Crippen LogP contribution in [0, 0.1) is 0 Å². The lowest BCUT2D eigenvalue weighted by atomic mass is 9.95. The van der Waals surface area contributed by atoms with Crippen LogP contribution >= 0.6 is 11.6 Å². The molecule has 16 heavy (non-hydrogen) atoms. The smallest absolute Gasteiger partial charge is 0.122 e. The van der Waals surface area contributed by atoms with Crippen molar-refractivity contribution in [2.45, 2.75) is 31.6 Å². The van der Waals surface area contributed by atoms with Crippen LogP contribution in [0.4, 0.5) is 0 Å². The number of benzene rings is 1. The molecule has 2 nitrogen and oxygen atoms in total. The second-order valence-electron chi connectivity index (χ2n) is 4.03. The highest BCUT2D eigenvalue weighted by Crippen LogP contribution is 2.33. The first-order valence-electron chi connectivity index (χ1n) is 5.44. The van der Waals surface area contributed by atoms with E-state index in [0.29, 0.717) is 5.92 Å². The highest BCUT2D eigenvalue weighted by molar-refractivity contribution is 6.20. The molecule has 0 spiro atoms. The Balaban J connectivity index is 2.98. The fourth-order valence-corrected chi connectivity index (χ4v) is 2.11. The molecule has 0 fully saturated rings. The number of alkyl halides is 1. The van der Waals surface area contributed by atoms with Crippen molar-refractivity contribution in [3.05, 3.63) is 23.8 Å². The van der Waals surface area contributed by atoms with Crippen LogP contribution in [-0.4, -0.2) is 19.6 Å². The molecule has 0 aliphatic carbocycles. The third-order valence-corrected chi connectivity index (χ3v) is 2.82. The lowest BCUT2D eigenvalue weighted by molar-refractivity contribution is 0.395. The van der Waals surface area contributed by atoms with Crippen molar-refractivity contribution < 1.29 is 9.47 Å². The van der Waals surface area contributed by atoms with Gasteiger partial charge in [-0.15, -0.1) is 11.6 Å². The second-order valence-corrected chi connectivity index (χ2v) is 4.77. The van der Waals surface area contributed by atoms with E-state index in [1.807, 2.05) is 25.1 Å². The summed E-state index contributed by atoms with van der Waals surface area (Å²) in [7, 11) is 3.35. The quantitative estimate of drug-likeness (QED) is 0.731. The minimum atomic E-state index is 0.158. The molecule has 2 atom stereocenters. The number of hydrogen-bond acceptors (Lipinski definition) is 2. The maximum atomic E-state index is 6.02. The molecule has 0 heterocycles. The van der Waals surface area contributed by atoms with Gasteiger partial charge in [0.2, 0.25) is 0 Å². The predicted molar refractivity (Wildman–Crippen MR) is 67.9 cm³/mol. The van der Waals surface area contributed by atoms with Gasteiger partial charge in [-0.2, -0.15) is 0 Å². The fourth-order valence-electron chi connectivity index (χ4n) is 1.84. The number of hydrogen-bond donors (Lipinski definition) is 0. The SMILES string of the molecule is COc1ccc(OC)c(C(C)CC(C)Cl)c1. The first kappa shape index (κ1) is 13.2. The van der Waals surface area contributed by atoms with Gasteiger partial charge in [0.05, 0.1) is 14.2 Å². The van der Waals surface area contributed by atoms with Gasteiger partial charge in [-0.25, -0.2) is 0 Å². The summed E-state index contributed by atoms with van der Waals surface area (Å²) >= 11 is 6.02. The molecule has 90 valence electrons. The molecule has 0 aromatic heterocycles. The van der Waals surface area contributed by atoms with E-state index in [4.69, 9.17) is 21.1 Å². The molecule has 0 radical (unpaired) electrons. The number of halogens is 1. The highest BCUT2D eigenvalue weighted by atomic mass is 35.5. The summed E-state index contributed by atoms with van der Waals surface area (Å²) in [4.78, 5) is 0. The van der Waals surface area contributed by atoms with E-state index in [1.165, 1.54) is 0 Å². The van der Waals surface area contributed by atoms with Crippen molar-refractivity contribution in [3.63, 3.8) is 0 Å². The predicted octanol–water partition coefficient (Wildman–Crippen LogP) is 3.82. The Kier molecular flexibility index (Phi) is 4.94. The van der Waals surface area contributed by atoms with Gasteiger partial charge in [-0.3, -0.25) is 0 Å². The third kappa shape index (κ3) is 3.31. The minimum Gasteiger partial charge on any atom is -0.497 e. The molecular weight excluding hydrogens is 224 g/mol. The Hall–Kier alpha value is -0.890. The Morgan fingerprint density at radius 2 is 1.88 bits per heavy atom. The van der Waals surface area contributed by atoms with Crippen molar-refractivity contribution in [3.8, 4) is 11.5 Å². The molecule has 0 saturated heterocycles. The highest BCUT2D eigenvalue weighted by Gasteiger charge is 2.14. The van der Waals surface area contributed by atoms with Crippen LogP contribution in [0.15, 0.2) is 18.2 Å². The zero-order valence-electron chi connectivity index (χ0n) is 10.3. The average Bonchev–Trinajstić information content (AvgIpc) is 2.27. The van der Waals surface area contributed by atoms with Crippen LogP contribution < -0.4 is 9.47 Å². The first-order chi connectivity index (χ1) is 7.58. The van der Waals surface area contributed by atoms with Crippen molar-refractivity contribution in [2.24, 2.45) is 0 Å². The second kappa shape index (κ2) is 6.00. The van der Waals surface area contributed by atoms with Gasteiger partial charge in [0.15, 0.2) is 0 Å². The van der Waals surface area contributed by atoms with E-state index in [2.05, 4.69) is 6.92 Å². The van der Waals surface area contributed by atoms with Gasteiger partial charge in [0.1, 0.15) is 11.5 Å². The maximum absolute atomic E-state index is 6.02. The number of ether oxygens (including phenoxy) is 2. The van der Waals surface area contributed by atoms with E-state index in [9.17, 15) is 0 Å². The summed E-state index contributed by atoms with van der Waals surface area (Å²) in [6.07, 6.45) is 0.922. The Bertz CT molecular complexity index is 337. The molecular formula is C13H19ClO2. The van der Waals surface area contributed by atoms with Crippen LogP contribution in [0.1, 0.15) is 31.7 Å². The molecule has 0 bridgehead atoms. The van der Waals surface area contributed by atoms with Gasteiger partial charge >= 0.3 is 0 Å². The fraction of sp³-hybridized carbons (Fsp3) is 0.538. The van der Waals surface area contributed by atoms with Crippen molar-refractivity contribution in [2.75, 3.05) is 14.2 Å². The number of methoxy groups -OCH3 is 2. The van der Waals surface area contributed by atoms with E-state index in [-0.39, 0.29) is 5.38 Å². The molecule has 0 aliphatic rings. The van der Waals surface area contributed by atoms with Crippen molar-refractivity contribution >= 4 is 11.6 Å². The van der Waals surface area contributed by atoms with E-state index in [0.717, 1.165) is 23.5 Å². The van der Waals surface area contributed by atoms with Crippen LogP contribution in [0.2, 0.25) is 0 Å². The monoisotopic (exact) mass is 242 g/mol. The van der Waals surface area contributed by atoms with E-state index < -0.39 is 0 Å². The largest absolute Gasteiger partial charge is 0.497 e. The molecule has 2 unspecified atom stereocenters. The lowest BCUT2D eigenvalue weighted by Gasteiger charge is -2.17. The van der Waals surface area contributed by atoms with E-state index in [1.54, 1.807) is 14.2 Å². The summed E-state index contributed by atoms with van der Waals surface area (Å²) in [6.45, 7) is 4.15. The zero-order valence-corrected chi connectivity index (χ0v) is 11.0. The van der Waals surface area contributed by atoms with Crippen molar-refractivity contribution in [1.82, 2.24) is 0 Å². The topological polar surface area (TPSA) is 18.5 Å². The minimum absolute atomic E-state index is 0.158.